The monoisotopic (exact) mass is 289 g/mol. The molecule has 7 heteroatoms. The predicted molar refractivity (Wildman–Crippen MR) is 74.7 cm³/mol. The van der Waals surface area contributed by atoms with E-state index in [1.807, 2.05) is 4.90 Å². The zero-order chi connectivity index (χ0) is 14.8. The number of hydrogen-bond acceptors (Lipinski definition) is 6. The van der Waals surface area contributed by atoms with Crippen molar-refractivity contribution in [3.05, 3.63) is 22.2 Å². The molecular weight excluding hydrogens is 274 g/mol. The van der Waals surface area contributed by atoms with Crippen LogP contribution in [0.25, 0.3) is 0 Å². The van der Waals surface area contributed by atoms with Crippen molar-refractivity contribution in [2.24, 2.45) is 0 Å². The molecule has 110 valence electrons. The van der Waals surface area contributed by atoms with Crippen LogP contribution in [0.4, 0.5) is 11.4 Å². The maximum Gasteiger partial charge on any atom is 0.296 e. The third-order valence-corrected chi connectivity index (χ3v) is 3.60. The fourth-order valence-electron chi connectivity index (χ4n) is 2.50. The molecule has 21 heavy (non-hydrogen) atoms. The van der Waals surface area contributed by atoms with Crippen LogP contribution in [0.3, 0.4) is 0 Å². The molecule has 1 aromatic rings. The molecule has 0 spiro atoms. The number of nitriles is 1. The van der Waals surface area contributed by atoms with Crippen LogP contribution >= 0.6 is 0 Å². The van der Waals surface area contributed by atoms with Crippen molar-refractivity contribution >= 4 is 11.4 Å². The van der Waals surface area contributed by atoms with Crippen molar-refractivity contribution in [3.8, 4) is 17.6 Å². The smallest absolute Gasteiger partial charge is 0.296 e. The van der Waals surface area contributed by atoms with Gasteiger partial charge in [0.1, 0.15) is 18.9 Å². The quantitative estimate of drug-likeness (QED) is 0.610. The molecule has 1 aliphatic carbocycles. The number of benzene rings is 1. The molecule has 0 aromatic heterocycles. The molecule has 0 saturated heterocycles. The number of nitro benzene ring substituents is 1. The lowest BCUT2D eigenvalue weighted by molar-refractivity contribution is -0.384. The van der Waals surface area contributed by atoms with Crippen LogP contribution in [0, 0.1) is 21.4 Å². The lowest BCUT2D eigenvalue weighted by Gasteiger charge is -2.26. The lowest BCUT2D eigenvalue weighted by Crippen LogP contribution is -2.28. The summed E-state index contributed by atoms with van der Waals surface area (Å²) >= 11 is 0. The first-order valence-electron chi connectivity index (χ1n) is 6.92. The van der Waals surface area contributed by atoms with Gasteiger partial charge in [0.05, 0.1) is 23.5 Å². The van der Waals surface area contributed by atoms with Crippen molar-refractivity contribution in [2.45, 2.75) is 25.3 Å². The highest BCUT2D eigenvalue weighted by atomic mass is 16.6. The maximum atomic E-state index is 11.3. The van der Waals surface area contributed by atoms with Crippen molar-refractivity contribution in [2.75, 3.05) is 24.7 Å². The standard InChI is InChI=1S/C14H15N3O4/c15-4-1-5-16(10-2-3-10)11-8-13-14(21-7-6-20-13)9-12(11)17(18)19/h8-10H,1-3,5-7H2. The number of ether oxygens (including phenoxy) is 2. The van der Waals surface area contributed by atoms with Crippen molar-refractivity contribution in [1.29, 1.82) is 5.26 Å². The van der Waals surface area contributed by atoms with Gasteiger partial charge in [-0.25, -0.2) is 0 Å². The highest BCUT2D eigenvalue weighted by Gasteiger charge is 2.34. The van der Waals surface area contributed by atoms with Crippen LogP contribution in [-0.4, -0.2) is 30.7 Å². The third-order valence-electron chi connectivity index (χ3n) is 3.60. The van der Waals surface area contributed by atoms with Crippen molar-refractivity contribution in [3.63, 3.8) is 0 Å². The molecule has 0 atom stereocenters. The summed E-state index contributed by atoms with van der Waals surface area (Å²) in [6.07, 6.45) is 2.33. The number of anilines is 1. The Hall–Kier alpha value is -2.49. The minimum Gasteiger partial charge on any atom is -0.486 e. The van der Waals surface area contributed by atoms with E-state index in [0.717, 1.165) is 12.8 Å². The number of nitrogens with zero attached hydrogens (tertiary/aromatic N) is 3. The normalized spacial score (nSPS) is 16.1. The molecule has 0 unspecified atom stereocenters. The Morgan fingerprint density at radius 2 is 2.00 bits per heavy atom. The van der Waals surface area contributed by atoms with E-state index in [1.54, 1.807) is 6.07 Å². The molecule has 1 heterocycles. The summed E-state index contributed by atoms with van der Waals surface area (Å²) in [6.45, 7) is 1.32. The highest BCUT2D eigenvalue weighted by Crippen LogP contribution is 2.44. The van der Waals surface area contributed by atoms with Gasteiger partial charge in [0, 0.05) is 18.7 Å². The molecule has 3 rings (SSSR count). The average molecular weight is 289 g/mol. The Bertz CT molecular complexity index is 607. The number of nitro groups is 1. The second kappa shape index (κ2) is 5.48. The molecule has 0 radical (unpaired) electrons. The van der Waals surface area contributed by atoms with E-state index in [-0.39, 0.29) is 11.7 Å². The van der Waals surface area contributed by atoms with E-state index in [4.69, 9.17) is 14.7 Å². The Labute approximate surface area is 121 Å². The summed E-state index contributed by atoms with van der Waals surface area (Å²) in [4.78, 5) is 12.9. The SMILES string of the molecule is N#CCCN(c1cc2c(cc1[N+](=O)[O-])OCCO2)C1CC1. The van der Waals surface area contributed by atoms with Gasteiger partial charge in [-0.2, -0.15) is 5.26 Å². The van der Waals surface area contributed by atoms with Gasteiger partial charge in [0.15, 0.2) is 11.5 Å². The van der Waals surface area contributed by atoms with E-state index in [2.05, 4.69) is 6.07 Å². The number of rotatable bonds is 5. The van der Waals surface area contributed by atoms with Crippen LogP contribution in [0.5, 0.6) is 11.5 Å². The third kappa shape index (κ3) is 2.70. The highest BCUT2D eigenvalue weighted by molar-refractivity contribution is 5.70. The van der Waals surface area contributed by atoms with Gasteiger partial charge >= 0.3 is 0 Å². The minimum absolute atomic E-state index is 0.00379. The second-order valence-electron chi connectivity index (χ2n) is 5.07. The summed E-state index contributed by atoms with van der Waals surface area (Å²) in [7, 11) is 0. The molecule has 0 amide bonds. The second-order valence-corrected chi connectivity index (χ2v) is 5.07. The van der Waals surface area contributed by atoms with E-state index < -0.39 is 4.92 Å². The Morgan fingerprint density at radius 3 is 2.57 bits per heavy atom. The van der Waals surface area contributed by atoms with Crippen LogP contribution in [-0.2, 0) is 0 Å². The number of hydrogen-bond donors (Lipinski definition) is 0. The van der Waals surface area contributed by atoms with Crippen LogP contribution < -0.4 is 14.4 Å². The zero-order valence-electron chi connectivity index (χ0n) is 11.4. The van der Waals surface area contributed by atoms with Gasteiger partial charge in [-0.3, -0.25) is 10.1 Å². The molecule has 1 aromatic carbocycles. The van der Waals surface area contributed by atoms with Gasteiger partial charge in [0.2, 0.25) is 0 Å². The molecule has 2 aliphatic rings. The molecule has 7 nitrogen and oxygen atoms in total. The van der Waals surface area contributed by atoms with Crippen LogP contribution in [0.2, 0.25) is 0 Å². The first kappa shape index (κ1) is 13.5. The molecule has 1 saturated carbocycles. The summed E-state index contributed by atoms with van der Waals surface area (Å²) in [5, 5.41) is 20.1. The Morgan fingerprint density at radius 1 is 1.33 bits per heavy atom. The molecule has 1 fully saturated rings. The van der Waals surface area contributed by atoms with Gasteiger partial charge in [-0.05, 0) is 12.8 Å². The molecular formula is C14H15N3O4. The molecule has 1 aliphatic heterocycles. The fourth-order valence-corrected chi connectivity index (χ4v) is 2.50. The maximum absolute atomic E-state index is 11.3. The van der Waals surface area contributed by atoms with Crippen molar-refractivity contribution < 1.29 is 14.4 Å². The molecule has 0 bridgehead atoms. The lowest BCUT2D eigenvalue weighted by atomic mass is 10.2. The summed E-state index contributed by atoms with van der Waals surface area (Å²) < 4.78 is 10.9. The zero-order valence-corrected chi connectivity index (χ0v) is 11.4. The minimum atomic E-state index is -0.407. The van der Waals surface area contributed by atoms with E-state index >= 15 is 0 Å². The Balaban J connectivity index is 2.01. The molecule has 0 N–H and O–H groups in total. The predicted octanol–water partition coefficient (Wildman–Crippen LogP) is 2.25. The Kier molecular flexibility index (Phi) is 3.52. The topological polar surface area (TPSA) is 88.6 Å². The summed E-state index contributed by atoms with van der Waals surface area (Å²) in [6, 6.07) is 5.46. The first-order valence-corrected chi connectivity index (χ1v) is 6.92. The first-order chi connectivity index (χ1) is 10.2. The van der Waals surface area contributed by atoms with E-state index in [0.29, 0.717) is 43.4 Å². The van der Waals surface area contributed by atoms with E-state index in [1.165, 1.54) is 6.07 Å². The fraction of sp³-hybridized carbons (Fsp3) is 0.500. The van der Waals surface area contributed by atoms with Crippen molar-refractivity contribution in [1.82, 2.24) is 0 Å². The largest absolute Gasteiger partial charge is 0.486 e. The van der Waals surface area contributed by atoms with E-state index in [9.17, 15) is 10.1 Å². The number of fused-ring (bicyclic) bond motifs is 1. The average Bonchev–Trinajstić information content (AvgIpc) is 3.31. The van der Waals surface area contributed by atoms with Crippen LogP contribution in [0.1, 0.15) is 19.3 Å². The van der Waals surface area contributed by atoms with Crippen LogP contribution in [0.15, 0.2) is 12.1 Å². The van der Waals surface area contributed by atoms with Gasteiger partial charge in [-0.15, -0.1) is 0 Å². The van der Waals surface area contributed by atoms with Gasteiger partial charge < -0.3 is 14.4 Å². The summed E-state index contributed by atoms with van der Waals surface area (Å²) in [5.74, 6) is 0.942. The van der Waals surface area contributed by atoms with Gasteiger partial charge in [-0.1, -0.05) is 0 Å². The summed E-state index contributed by atoms with van der Waals surface area (Å²) in [5.41, 5.74) is 0.520. The van der Waals surface area contributed by atoms with Gasteiger partial charge in [0.25, 0.3) is 5.69 Å².